The lowest BCUT2D eigenvalue weighted by Crippen LogP contribution is -2.16. The van der Waals surface area contributed by atoms with Crippen LogP contribution in [0.5, 0.6) is 0 Å². The third-order valence-corrected chi connectivity index (χ3v) is 4.07. The summed E-state index contributed by atoms with van der Waals surface area (Å²) in [6.45, 7) is 2.52. The first kappa shape index (κ1) is 13.1. The predicted molar refractivity (Wildman–Crippen MR) is 69.4 cm³/mol. The summed E-state index contributed by atoms with van der Waals surface area (Å²) in [6.07, 6.45) is 8.53. The minimum absolute atomic E-state index is 0.289. The molecular formula is C12H19ClOS. The first-order valence-electron chi connectivity index (χ1n) is 5.36. The van der Waals surface area contributed by atoms with Crippen LogP contribution in [-0.4, -0.2) is 23.8 Å². The number of hydrogen-bond acceptors (Lipinski definition) is 2. The van der Waals surface area contributed by atoms with E-state index in [2.05, 4.69) is 25.3 Å². The fourth-order valence-corrected chi connectivity index (χ4v) is 3.13. The molecule has 0 aromatic rings. The lowest BCUT2D eigenvalue weighted by molar-refractivity contribution is 0.270. The van der Waals surface area contributed by atoms with Crippen LogP contribution in [0.1, 0.15) is 19.8 Å². The molecule has 15 heavy (non-hydrogen) atoms. The first-order chi connectivity index (χ1) is 7.22. The van der Waals surface area contributed by atoms with Crippen LogP contribution in [0.2, 0.25) is 0 Å². The second-order valence-corrected chi connectivity index (χ2v) is 5.10. The Bertz CT molecular complexity index is 260. The Hall–Kier alpha value is 0.0800. The fraction of sp³-hybridized carbons (Fsp3) is 0.667. The zero-order valence-electron chi connectivity index (χ0n) is 9.37. The average molecular weight is 247 g/mol. The third-order valence-electron chi connectivity index (χ3n) is 2.87. The van der Waals surface area contributed by atoms with Crippen molar-refractivity contribution in [2.75, 3.05) is 18.7 Å². The largest absolute Gasteiger partial charge is 0.396 e. The van der Waals surface area contributed by atoms with Crippen molar-refractivity contribution in [3.63, 3.8) is 0 Å². The van der Waals surface area contributed by atoms with E-state index in [4.69, 9.17) is 16.7 Å². The van der Waals surface area contributed by atoms with Crippen molar-refractivity contribution >= 4 is 23.4 Å². The number of rotatable bonds is 5. The molecule has 0 fully saturated rings. The van der Waals surface area contributed by atoms with Crippen molar-refractivity contribution in [1.29, 1.82) is 0 Å². The summed E-state index contributed by atoms with van der Waals surface area (Å²) in [7, 11) is 0. The minimum Gasteiger partial charge on any atom is -0.396 e. The smallest absolute Gasteiger partial charge is 0.0471 e. The van der Waals surface area contributed by atoms with Crippen molar-refractivity contribution in [3.8, 4) is 0 Å². The Morgan fingerprint density at radius 3 is 2.80 bits per heavy atom. The van der Waals surface area contributed by atoms with Gasteiger partial charge in [-0.3, -0.25) is 0 Å². The van der Waals surface area contributed by atoms with Crippen LogP contribution in [0.25, 0.3) is 0 Å². The summed E-state index contributed by atoms with van der Waals surface area (Å²) in [6, 6.07) is 0. The first-order valence-corrected chi connectivity index (χ1v) is 7.12. The molecule has 0 saturated carbocycles. The lowest BCUT2D eigenvalue weighted by atomic mass is 9.84. The molecule has 1 aliphatic rings. The highest BCUT2D eigenvalue weighted by Crippen LogP contribution is 2.37. The van der Waals surface area contributed by atoms with Crippen molar-refractivity contribution in [1.82, 2.24) is 0 Å². The summed E-state index contributed by atoms with van der Waals surface area (Å²) >= 11 is 7.67. The number of aliphatic hydroxyl groups is 1. The maximum Gasteiger partial charge on any atom is 0.0471 e. The molecule has 0 aromatic carbocycles. The van der Waals surface area contributed by atoms with Gasteiger partial charge in [0, 0.05) is 12.5 Å². The molecule has 1 nitrogen and oxygen atoms in total. The van der Waals surface area contributed by atoms with Crippen molar-refractivity contribution in [2.45, 2.75) is 19.8 Å². The number of alkyl halides is 1. The van der Waals surface area contributed by atoms with Gasteiger partial charge in [0.2, 0.25) is 0 Å². The summed E-state index contributed by atoms with van der Waals surface area (Å²) < 4.78 is 0. The van der Waals surface area contributed by atoms with Crippen LogP contribution in [0, 0.1) is 11.8 Å². The van der Waals surface area contributed by atoms with Crippen LogP contribution in [0.3, 0.4) is 0 Å². The molecule has 1 aliphatic carbocycles. The lowest BCUT2D eigenvalue weighted by Gasteiger charge is -2.28. The van der Waals surface area contributed by atoms with E-state index in [1.165, 1.54) is 10.5 Å². The van der Waals surface area contributed by atoms with E-state index >= 15 is 0 Å². The normalized spacial score (nSPS) is 26.1. The zero-order chi connectivity index (χ0) is 11.3. The quantitative estimate of drug-likeness (QED) is 0.750. The van der Waals surface area contributed by atoms with Gasteiger partial charge >= 0.3 is 0 Å². The molecule has 1 N–H and O–H groups in total. The number of hydrogen-bond donors (Lipinski definition) is 1. The minimum atomic E-state index is 0.289. The summed E-state index contributed by atoms with van der Waals surface area (Å²) in [5.74, 6) is 1.71. The summed E-state index contributed by atoms with van der Waals surface area (Å²) in [5, 5.41) is 8.88. The third kappa shape index (κ3) is 3.54. The van der Waals surface area contributed by atoms with E-state index in [9.17, 15) is 0 Å². The number of thioether (sulfide) groups is 1. The number of aliphatic hydroxyl groups excluding tert-OH is 1. The van der Waals surface area contributed by atoms with Gasteiger partial charge in [0.1, 0.15) is 0 Å². The van der Waals surface area contributed by atoms with Gasteiger partial charge in [-0.1, -0.05) is 13.0 Å². The van der Waals surface area contributed by atoms with Gasteiger partial charge in [-0.15, -0.1) is 23.4 Å². The Labute approximate surface area is 102 Å². The van der Waals surface area contributed by atoms with Crippen LogP contribution >= 0.6 is 23.4 Å². The maximum absolute atomic E-state index is 8.88. The van der Waals surface area contributed by atoms with E-state index in [1.807, 2.05) is 11.8 Å². The molecule has 0 spiro atoms. The predicted octanol–water partition coefficient (Wildman–Crippen LogP) is 3.44. The summed E-state index contributed by atoms with van der Waals surface area (Å²) in [4.78, 5) is 1.41. The standard InChI is InChI=1S/C12H19ClOS/c1-9-6-10(8-13)7-12(15-2)11(9)4-3-5-14/h6-7,9,11,14H,3-5,8H2,1-2H3. The molecule has 3 heteroatoms. The average Bonchev–Trinajstić information content (AvgIpc) is 2.26. The van der Waals surface area contributed by atoms with Crippen LogP contribution in [0.15, 0.2) is 22.6 Å². The Kier molecular flexibility index (Phi) is 5.80. The van der Waals surface area contributed by atoms with Crippen molar-refractivity contribution < 1.29 is 5.11 Å². The maximum atomic E-state index is 8.88. The Morgan fingerprint density at radius 2 is 2.27 bits per heavy atom. The topological polar surface area (TPSA) is 20.2 Å². The van der Waals surface area contributed by atoms with Crippen LogP contribution in [0.4, 0.5) is 0 Å². The highest BCUT2D eigenvalue weighted by Gasteiger charge is 2.23. The molecule has 0 aromatic heterocycles. The molecule has 0 aliphatic heterocycles. The van der Waals surface area contributed by atoms with E-state index in [0.29, 0.717) is 17.7 Å². The van der Waals surface area contributed by atoms with Gasteiger partial charge in [0.25, 0.3) is 0 Å². The van der Waals surface area contributed by atoms with Gasteiger partial charge < -0.3 is 5.11 Å². The Morgan fingerprint density at radius 1 is 1.53 bits per heavy atom. The molecule has 86 valence electrons. The zero-order valence-corrected chi connectivity index (χ0v) is 10.9. The van der Waals surface area contributed by atoms with Gasteiger partial charge in [-0.2, -0.15) is 0 Å². The van der Waals surface area contributed by atoms with E-state index in [1.54, 1.807) is 0 Å². The molecular weight excluding hydrogens is 228 g/mol. The van der Waals surface area contributed by atoms with Gasteiger partial charge in [0.05, 0.1) is 0 Å². The highest BCUT2D eigenvalue weighted by molar-refractivity contribution is 8.02. The van der Waals surface area contributed by atoms with E-state index < -0.39 is 0 Å². The molecule has 2 unspecified atom stereocenters. The molecule has 0 bridgehead atoms. The molecule has 2 atom stereocenters. The number of allylic oxidation sites excluding steroid dienone is 4. The van der Waals surface area contributed by atoms with E-state index in [0.717, 1.165) is 12.8 Å². The van der Waals surface area contributed by atoms with Gasteiger partial charge in [0.15, 0.2) is 0 Å². The molecule has 0 saturated heterocycles. The second-order valence-electron chi connectivity index (χ2n) is 3.96. The van der Waals surface area contributed by atoms with Crippen LogP contribution in [-0.2, 0) is 0 Å². The molecule has 0 amide bonds. The van der Waals surface area contributed by atoms with E-state index in [-0.39, 0.29) is 6.61 Å². The summed E-state index contributed by atoms with van der Waals surface area (Å²) in [5.41, 5.74) is 1.23. The molecule has 0 radical (unpaired) electrons. The van der Waals surface area contributed by atoms with Gasteiger partial charge in [-0.25, -0.2) is 0 Å². The van der Waals surface area contributed by atoms with Crippen LogP contribution < -0.4 is 0 Å². The van der Waals surface area contributed by atoms with Gasteiger partial charge in [-0.05, 0) is 47.5 Å². The SMILES string of the molecule is CSC1=CC(CCl)=CC(C)C1CCCO. The van der Waals surface area contributed by atoms with Crippen molar-refractivity contribution in [2.24, 2.45) is 11.8 Å². The molecule has 1 rings (SSSR count). The fourth-order valence-electron chi connectivity index (χ4n) is 2.06. The monoisotopic (exact) mass is 246 g/mol. The highest BCUT2D eigenvalue weighted by atomic mass is 35.5. The number of halogens is 1. The second kappa shape index (κ2) is 6.62. The molecule has 0 heterocycles. The Balaban J connectivity index is 2.73. The van der Waals surface area contributed by atoms with Crippen molar-refractivity contribution in [3.05, 3.63) is 22.6 Å².